The van der Waals surface area contributed by atoms with Crippen LogP contribution in [-0.4, -0.2) is 41.5 Å². The van der Waals surface area contributed by atoms with Crippen LogP contribution in [0.4, 0.5) is 5.82 Å². The minimum atomic E-state index is 0.418. The molecule has 0 aliphatic heterocycles. The summed E-state index contributed by atoms with van der Waals surface area (Å²) in [6.07, 6.45) is 3.17. The van der Waals surface area contributed by atoms with Gasteiger partial charge in [0.1, 0.15) is 11.0 Å². The first kappa shape index (κ1) is 11.2. The molecule has 1 N–H and O–H groups in total. The van der Waals surface area contributed by atoms with Gasteiger partial charge in [-0.3, -0.25) is 0 Å². The molecule has 0 aliphatic rings. The van der Waals surface area contributed by atoms with Crippen molar-refractivity contribution < 1.29 is 0 Å². The van der Waals surface area contributed by atoms with Crippen molar-refractivity contribution in [2.24, 2.45) is 0 Å². The van der Waals surface area contributed by atoms with Crippen LogP contribution in [0.3, 0.4) is 0 Å². The van der Waals surface area contributed by atoms with Crippen molar-refractivity contribution in [1.29, 1.82) is 0 Å². The summed E-state index contributed by atoms with van der Waals surface area (Å²) in [5.74, 6) is 0.763. The summed E-state index contributed by atoms with van der Waals surface area (Å²) >= 11 is 5.61. The second kappa shape index (κ2) is 5.78. The smallest absolute Gasteiger partial charge is 0.147 e. The molecule has 0 unspecified atom stereocenters. The van der Waals surface area contributed by atoms with Crippen LogP contribution in [0.25, 0.3) is 0 Å². The Hall–Kier alpha value is -0.870. The maximum absolute atomic E-state index is 5.61. The quantitative estimate of drug-likeness (QED) is 0.807. The van der Waals surface area contributed by atoms with E-state index in [1.807, 2.05) is 0 Å². The summed E-state index contributed by atoms with van der Waals surface area (Å²) in [6.45, 7) is 5.03. The number of nitrogens with zero attached hydrogens (tertiary/aromatic N) is 3. The fourth-order valence-electron chi connectivity index (χ4n) is 0.937. The zero-order valence-corrected chi connectivity index (χ0v) is 9.25. The molecule has 0 saturated carbocycles. The van der Waals surface area contributed by atoms with Crippen LogP contribution >= 0.6 is 11.6 Å². The van der Waals surface area contributed by atoms with Gasteiger partial charge in [-0.1, -0.05) is 18.5 Å². The summed E-state index contributed by atoms with van der Waals surface area (Å²) in [6, 6.07) is 0. The van der Waals surface area contributed by atoms with Gasteiger partial charge in [-0.25, -0.2) is 9.97 Å². The molecule has 0 radical (unpaired) electrons. The Morgan fingerprint density at radius 3 is 2.79 bits per heavy atom. The molecule has 0 spiro atoms. The molecule has 0 bridgehead atoms. The molecule has 5 heteroatoms. The predicted molar refractivity (Wildman–Crippen MR) is 58.7 cm³/mol. The van der Waals surface area contributed by atoms with Crippen molar-refractivity contribution in [1.82, 2.24) is 14.9 Å². The molecule has 1 aromatic heterocycles. The highest BCUT2D eigenvalue weighted by Crippen LogP contribution is 2.04. The highest BCUT2D eigenvalue weighted by Gasteiger charge is 1.96. The largest absolute Gasteiger partial charge is 0.368 e. The van der Waals surface area contributed by atoms with Crippen molar-refractivity contribution in [3.05, 3.63) is 17.5 Å². The first-order valence-electron chi connectivity index (χ1n) is 4.62. The number of hydrogen-bond donors (Lipinski definition) is 1. The van der Waals surface area contributed by atoms with Gasteiger partial charge in [0.2, 0.25) is 0 Å². The fourth-order valence-corrected chi connectivity index (χ4v) is 1.03. The molecule has 1 rings (SSSR count). The van der Waals surface area contributed by atoms with E-state index in [-0.39, 0.29) is 0 Å². The number of hydrogen-bond acceptors (Lipinski definition) is 4. The highest BCUT2D eigenvalue weighted by molar-refractivity contribution is 6.29. The average Bonchev–Trinajstić information content (AvgIpc) is 2.21. The van der Waals surface area contributed by atoms with E-state index < -0.39 is 0 Å². The lowest BCUT2D eigenvalue weighted by Gasteiger charge is -2.13. The van der Waals surface area contributed by atoms with Gasteiger partial charge in [0, 0.05) is 13.1 Å². The molecule has 0 atom stereocenters. The van der Waals surface area contributed by atoms with Crippen LogP contribution in [-0.2, 0) is 0 Å². The number of rotatable bonds is 5. The number of halogens is 1. The molecule has 78 valence electrons. The second-order valence-electron chi connectivity index (χ2n) is 3.05. The zero-order chi connectivity index (χ0) is 10.4. The van der Waals surface area contributed by atoms with Crippen LogP contribution < -0.4 is 5.32 Å². The molecule has 0 aromatic carbocycles. The lowest BCUT2D eigenvalue weighted by atomic mass is 10.5. The Morgan fingerprint density at radius 2 is 2.21 bits per heavy atom. The first-order chi connectivity index (χ1) is 6.72. The van der Waals surface area contributed by atoms with Gasteiger partial charge in [-0.15, -0.1) is 0 Å². The average molecular weight is 215 g/mol. The molecule has 0 saturated heterocycles. The van der Waals surface area contributed by atoms with Crippen molar-refractivity contribution >= 4 is 17.4 Å². The summed E-state index contributed by atoms with van der Waals surface area (Å²) in [5.41, 5.74) is 0. The molecule has 1 heterocycles. The summed E-state index contributed by atoms with van der Waals surface area (Å²) < 4.78 is 0. The molecule has 0 fully saturated rings. The first-order valence-corrected chi connectivity index (χ1v) is 5.00. The second-order valence-corrected chi connectivity index (χ2v) is 3.43. The van der Waals surface area contributed by atoms with E-state index in [1.165, 1.54) is 6.20 Å². The summed E-state index contributed by atoms with van der Waals surface area (Å²) in [5, 5.41) is 3.58. The lowest BCUT2D eigenvalue weighted by molar-refractivity contribution is 0.367. The van der Waals surface area contributed by atoms with Gasteiger partial charge < -0.3 is 10.2 Å². The van der Waals surface area contributed by atoms with E-state index in [4.69, 9.17) is 11.6 Å². The van der Waals surface area contributed by atoms with E-state index in [0.29, 0.717) is 5.15 Å². The summed E-state index contributed by atoms with van der Waals surface area (Å²) in [4.78, 5) is 10.2. The van der Waals surface area contributed by atoms with Crippen LogP contribution in [0.1, 0.15) is 6.92 Å². The van der Waals surface area contributed by atoms with E-state index in [1.54, 1.807) is 6.20 Å². The lowest BCUT2D eigenvalue weighted by Crippen LogP contribution is -2.24. The van der Waals surface area contributed by atoms with Crippen LogP contribution in [0.15, 0.2) is 12.4 Å². The third-order valence-corrected chi connectivity index (χ3v) is 2.15. The fraction of sp³-hybridized carbons (Fsp3) is 0.556. The minimum absolute atomic E-state index is 0.418. The Morgan fingerprint density at radius 1 is 1.43 bits per heavy atom. The van der Waals surface area contributed by atoms with Gasteiger partial charge in [0.25, 0.3) is 0 Å². The van der Waals surface area contributed by atoms with Crippen molar-refractivity contribution in [2.75, 3.05) is 32.0 Å². The van der Waals surface area contributed by atoms with E-state index in [2.05, 4.69) is 34.2 Å². The molecule has 4 nitrogen and oxygen atoms in total. The maximum atomic E-state index is 5.61. The normalized spacial score (nSPS) is 10.6. The Kier molecular flexibility index (Phi) is 4.62. The Labute approximate surface area is 89.3 Å². The molecule has 0 aliphatic carbocycles. The Bertz CT molecular complexity index is 262. The maximum Gasteiger partial charge on any atom is 0.147 e. The van der Waals surface area contributed by atoms with Crippen molar-refractivity contribution in [3.8, 4) is 0 Å². The van der Waals surface area contributed by atoms with Gasteiger partial charge in [0.15, 0.2) is 0 Å². The molecular weight excluding hydrogens is 200 g/mol. The van der Waals surface area contributed by atoms with Gasteiger partial charge >= 0.3 is 0 Å². The van der Waals surface area contributed by atoms with E-state index in [0.717, 1.165) is 25.5 Å². The number of aromatic nitrogens is 2. The summed E-state index contributed by atoms with van der Waals surface area (Å²) in [7, 11) is 2.08. The number of anilines is 1. The van der Waals surface area contributed by atoms with Crippen molar-refractivity contribution in [3.63, 3.8) is 0 Å². The standard InChI is InChI=1S/C9H15ClN4/c1-3-14(2)5-4-11-9-7-12-8(10)6-13-9/h6-7H,3-5H2,1-2H3,(H,11,13). The zero-order valence-electron chi connectivity index (χ0n) is 8.50. The minimum Gasteiger partial charge on any atom is -0.368 e. The third kappa shape index (κ3) is 3.89. The van der Waals surface area contributed by atoms with Gasteiger partial charge in [-0.2, -0.15) is 0 Å². The van der Waals surface area contributed by atoms with Gasteiger partial charge in [0.05, 0.1) is 12.4 Å². The molecule has 14 heavy (non-hydrogen) atoms. The number of nitrogens with one attached hydrogen (secondary N) is 1. The third-order valence-electron chi connectivity index (χ3n) is 1.96. The predicted octanol–water partition coefficient (Wildman–Crippen LogP) is 1.49. The topological polar surface area (TPSA) is 41.0 Å². The SMILES string of the molecule is CCN(C)CCNc1cnc(Cl)cn1. The monoisotopic (exact) mass is 214 g/mol. The number of likely N-dealkylation sites (N-methyl/N-ethyl adjacent to an activating group) is 1. The Balaban J connectivity index is 2.28. The highest BCUT2D eigenvalue weighted by atomic mass is 35.5. The van der Waals surface area contributed by atoms with E-state index >= 15 is 0 Å². The van der Waals surface area contributed by atoms with E-state index in [9.17, 15) is 0 Å². The molecule has 1 aromatic rings. The van der Waals surface area contributed by atoms with Gasteiger partial charge in [-0.05, 0) is 13.6 Å². The van der Waals surface area contributed by atoms with Crippen LogP contribution in [0, 0.1) is 0 Å². The molecule has 0 amide bonds. The van der Waals surface area contributed by atoms with Crippen molar-refractivity contribution in [2.45, 2.75) is 6.92 Å². The van der Waals surface area contributed by atoms with Crippen LogP contribution in [0.2, 0.25) is 5.15 Å². The molecular formula is C9H15ClN4. The van der Waals surface area contributed by atoms with Crippen LogP contribution in [0.5, 0.6) is 0 Å².